The van der Waals surface area contributed by atoms with Gasteiger partial charge in [-0.25, -0.2) is 8.42 Å². The third kappa shape index (κ3) is 2.31. The Hall–Kier alpha value is -1.24. The molecule has 2 rings (SSSR count). The molecule has 0 saturated heterocycles. The van der Waals surface area contributed by atoms with E-state index in [9.17, 15) is 13.2 Å². The van der Waals surface area contributed by atoms with Crippen molar-refractivity contribution in [2.24, 2.45) is 5.73 Å². The Morgan fingerprint density at radius 3 is 2.83 bits per heavy atom. The molecule has 1 aliphatic rings. The molecule has 0 bridgehead atoms. The Morgan fingerprint density at radius 1 is 1.44 bits per heavy atom. The minimum absolute atomic E-state index is 0.156. The highest BCUT2D eigenvalue weighted by molar-refractivity contribution is 7.91. The molecule has 18 heavy (non-hydrogen) atoms. The number of hydrogen-bond donors (Lipinski definition) is 2. The topological polar surface area (TPSA) is 97.5 Å². The molecule has 0 aliphatic carbocycles. The Labute approximate surface area is 106 Å². The van der Waals surface area contributed by atoms with E-state index in [0.717, 1.165) is 0 Å². The monoisotopic (exact) mass is 269 g/mol. The summed E-state index contributed by atoms with van der Waals surface area (Å²) in [7, 11) is -3.20. The molecular formula is C12H15NO4S. The summed E-state index contributed by atoms with van der Waals surface area (Å²) in [6, 6.07) is 3.54. The van der Waals surface area contributed by atoms with E-state index >= 15 is 0 Å². The van der Waals surface area contributed by atoms with Crippen LogP contribution < -0.4 is 5.73 Å². The molecule has 1 atom stereocenters. The fraction of sp³-hybridized carbons (Fsp3) is 0.417. The van der Waals surface area contributed by atoms with E-state index in [0.29, 0.717) is 28.9 Å². The van der Waals surface area contributed by atoms with Crippen molar-refractivity contribution in [1.29, 1.82) is 0 Å². The molecule has 1 aromatic rings. The van der Waals surface area contributed by atoms with Gasteiger partial charge in [-0.2, -0.15) is 0 Å². The maximum absolute atomic E-state index is 11.8. The van der Waals surface area contributed by atoms with Gasteiger partial charge in [-0.05, 0) is 30.5 Å². The highest BCUT2D eigenvalue weighted by atomic mass is 32.2. The van der Waals surface area contributed by atoms with Crippen LogP contribution in [-0.4, -0.2) is 37.7 Å². The van der Waals surface area contributed by atoms with E-state index in [2.05, 4.69) is 0 Å². The van der Waals surface area contributed by atoms with E-state index in [4.69, 9.17) is 10.8 Å². The molecule has 6 heteroatoms. The maximum Gasteiger partial charge on any atom is 0.181 e. The zero-order valence-electron chi connectivity index (χ0n) is 9.80. The number of sulfone groups is 1. The Bertz CT molecular complexity index is 580. The van der Waals surface area contributed by atoms with Gasteiger partial charge >= 0.3 is 0 Å². The second-order valence-corrected chi connectivity index (χ2v) is 6.48. The van der Waals surface area contributed by atoms with Crippen LogP contribution in [0.3, 0.4) is 0 Å². The average Bonchev–Trinajstić information content (AvgIpc) is 2.36. The Morgan fingerprint density at radius 2 is 2.17 bits per heavy atom. The van der Waals surface area contributed by atoms with Gasteiger partial charge in [0.15, 0.2) is 15.6 Å². The Balaban J connectivity index is 2.42. The van der Waals surface area contributed by atoms with E-state index in [1.165, 1.54) is 12.1 Å². The molecule has 0 aromatic heterocycles. The number of carbonyl (C=O) groups excluding carboxylic acids is 1. The van der Waals surface area contributed by atoms with Crippen LogP contribution in [0.1, 0.15) is 22.3 Å². The predicted octanol–water partition coefficient (Wildman–Crippen LogP) is -0.0912. The van der Waals surface area contributed by atoms with E-state index < -0.39 is 22.5 Å². The van der Waals surface area contributed by atoms with E-state index in [1.807, 2.05) is 0 Å². The highest BCUT2D eigenvalue weighted by Gasteiger charge is 2.25. The van der Waals surface area contributed by atoms with Crippen LogP contribution in [0.2, 0.25) is 0 Å². The average molecular weight is 269 g/mol. The largest absolute Gasteiger partial charge is 0.394 e. The van der Waals surface area contributed by atoms with Crippen LogP contribution in [0, 0.1) is 0 Å². The predicted molar refractivity (Wildman–Crippen MR) is 66.2 cm³/mol. The van der Waals surface area contributed by atoms with Gasteiger partial charge in [0.1, 0.15) is 0 Å². The number of benzene rings is 1. The van der Waals surface area contributed by atoms with Gasteiger partial charge < -0.3 is 10.8 Å². The second-order valence-electron chi connectivity index (χ2n) is 4.40. The summed E-state index contributed by atoms with van der Waals surface area (Å²) < 4.78 is 23.6. The number of fused-ring (bicyclic) bond motifs is 1. The van der Waals surface area contributed by atoms with Crippen LogP contribution in [0.25, 0.3) is 0 Å². The number of nitrogens with two attached hydrogens (primary N) is 1. The first kappa shape index (κ1) is 13.2. The van der Waals surface area contributed by atoms with Crippen LogP contribution >= 0.6 is 0 Å². The number of ketones is 1. The fourth-order valence-electron chi connectivity index (χ4n) is 2.09. The van der Waals surface area contributed by atoms with Gasteiger partial charge in [-0.3, -0.25) is 4.79 Å². The number of aliphatic hydroxyl groups excluding tert-OH is 1. The number of aryl methyl sites for hydroxylation is 1. The number of hydrogen-bond acceptors (Lipinski definition) is 5. The summed E-state index contributed by atoms with van der Waals surface area (Å²) in [5.74, 6) is -0.216. The van der Waals surface area contributed by atoms with Gasteiger partial charge in [0.25, 0.3) is 0 Å². The van der Waals surface area contributed by atoms with Crippen LogP contribution in [0.4, 0.5) is 0 Å². The lowest BCUT2D eigenvalue weighted by Gasteiger charge is -2.17. The smallest absolute Gasteiger partial charge is 0.181 e. The lowest BCUT2D eigenvalue weighted by Crippen LogP contribution is -2.34. The molecule has 0 amide bonds. The molecule has 0 saturated carbocycles. The fourth-order valence-corrected chi connectivity index (χ4v) is 3.67. The van der Waals surface area contributed by atoms with Gasteiger partial charge in [-0.1, -0.05) is 6.07 Å². The van der Waals surface area contributed by atoms with Crippen LogP contribution in [0.15, 0.2) is 23.1 Å². The van der Waals surface area contributed by atoms with Gasteiger partial charge in [-0.15, -0.1) is 0 Å². The lowest BCUT2D eigenvalue weighted by molar-refractivity contribution is 0.0925. The highest BCUT2D eigenvalue weighted by Crippen LogP contribution is 2.26. The number of aliphatic hydroxyl groups is 1. The minimum Gasteiger partial charge on any atom is -0.394 e. The number of rotatable bonds is 3. The zero-order chi connectivity index (χ0) is 13.3. The van der Waals surface area contributed by atoms with E-state index in [1.54, 1.807) is 6.07 Å². The lowest BCUT2D eigenvalue weighted by atomic mass is 10.0. The quantitative estimate of drug-likeness (QED) is 0.747. The minimum atomic E-state index is -3.20. The summed E-state index contributed by atoms with van der Waals surface area (Å²) in [5.41, 5.74) is 6.48. The van der Waals surface area contributed by atoms with Gasteiger partial charge in [0.05, 0.1) is 23.3 Å². The molecule has 5 nitrogen and oxygen atoms in total. The first-order valence-corrected chi connectivity index (χ1v) is 7.37. The summed E-state index contributed by atoms with van der Waals surface area (Å²) in [5, 5.41) is 8.85. The van der Waals surface area contributed by atoms with Crippen molar-refractivity contribution in [3.8, 4) is 0 Å². The second kappa shape index (κ2) is 4.79. The molecule has 0 radical (unpaired) electrons. The number of carbonyl (C=O) groups is 1. The molecule has 1 aromatic carbocycles. The van der Waals surface area contributed by atoms with Crippen LogP contribution in [0.5, 0.6) is 0 Å². The first-order chi connectivity index (χ1) is 8.45. The third-order valence-corrected chi connectivity index (χ3v) is 4.97. The van der Waals surface area contributed by atoms with Crippen molar-refractivity contribution in [2.75, 3.05) is 12.4 Å². The van der Waals surface area contributed by atoms with Gasteiger partial charge in [0.2, 0.25) is 0 Å². The summed E-state index contributed by atoms with van der Waals surface area (Å²) in [4.78, 5) is 12.1. The molecule has 1 aliphatic heterocycles. The molecule has 0 fully saturated rings. The molecule has 1 unspecified atom stereocenters. The summed E-state index contributed by atoms with van der Waals surface area (Å²) >= 11 is 0. The Kier molecular flexibility index (Phi) is 3.52. The number of Topliss-reactive ketones (excluding diaryl/α,β-unsaturated/α-hetero) is 1. The summed E-state index contributed by atoms with van der Waals surface area (Å²) in [6.07, 6.45) is 1.21. The van der Waals surface area contributed by atoms with Crippen LogP contribution in [-0.2, 0) is 16.3 Å². The van der Waals surface area contributed by atoms with Crippen molar-refractivity contribution in [3.63, 3.8) is 0 Å². The maximum atomic E-state index is 11.8. The van der Waals surface area contributed by atoms with Crippen molar-refractivity contribution in [3.05, 3.63) is 29.3 Å². The third-order valence-electron chi connectivity index (χ3n) is 3.07. The van der Waals surface area contributed by atoms with E-state index in [-0.39, 0.29) is 11.5 Å². The summed E-state index contributed by atoms with van der Waals surface area (Å²) in [6.45, 7) is -0.422. The van der Waals surface area contributed by atoms with Crippen molar-refractivity contribution in [1.82, 2.24) is 0 Å². The molecule has 0 spiro atoms. The standard InChI is InChI=1S/C12H15NO4S/c13-10(7-14)12(15)9-3-4-11-8(6-9)2-1-5-18(11,16)17/h3-4,6,10,14H,1-2,5,7,13H2. The SMILES string of the molecule is NC(CO)C(=O)c1ccc2c(c1)CCCS2(=O)=O. The zero-order valence-corrected chi connectivity index (χ0v) is 10.6. The van der Waals surface area contributed by atoms with Crippen molar-refractivity contribution in [2.45, 2.75) is 23.8 Å². The first-order valence-electron chi connectivity index (χ1n) is 5.72. The molecule has 3 N–H and O–H groups in total. The molecule has 1 heterocycles. The van der Waals surface area contributed by atoms with Crippen molar-refractivity contribution >= 4 is 15.6 Å². The normalized spacial score (nSPS) is 19.0. The molecule has 98 valence electrons. The molecular weight excluding hydrogens is 254 g/mol. The van der Waals surface area contributed by atoms with Gasteiger partial charge in [0, 0.05) is 5.56 Å². The van der Waals surface area contributed by atoms with Crippen molar-refractivity contribution < 1.29 is 18.3 Å².